The molecule has 0 aliphatic heterocycles. The van der Waals surface area contributed by atoms with Crippen molar-refractivity contribution in [1.82, 2.24) is 5.32 Å². The van der Waals surface area contributed by atoms with Crippen molar-refractivity contribution in [1.29, 1.82) is 0 Å². The summed E-state index contributed by atoms with van der Waals surface area (Å²) in [6, 6.07) is 0. The fraction of sp³-hybridized carbons (Fsp3) is 0.938. The fourth-order valence-electron chi connectivity index (χ4n) is 3.13. The van der Waals surface area contributed by atoms with Gasteiger partial charge in [-0.3, -0.25) is 4.79 Å². The summed E-state index contributed by atoms with van der Waals surface area (Å²) in [5.41, 5.74) is -0.492. The van der Waals surface area contributed by atoms with Gasteiger partial charge >= 0.3 is 5.97 Å². The monoisotopic (exact) mass is 285 g/mol. The molecule has 1 aliphatic rings. The molecular formula is C16H31NO3. The Labute approximate surface area is 123 Å². The Balaban J connectivity index is 2.60. The van der Waals surface area contributed by atoms with Crippen molar-refractivity contribution >= 4 is 5.97 Å². The van der Waals surface area contributed by atoms with Crippen molar-refractivity contribution in [2.45, 2.75) is 65.0 Å². The number of carbonyl (C=O) groups excluding carboxylic acids is 1. The first-order valence-corrected chi connectivity index (χ1v) is 7.93. The van der Waals surface area contributed by atoms with E-state index in [4.69, 9.17) is 9.47 Å². The summed E-state index contributed by atoms with van der Waals surface area (Å²) in [5, 5.41) is 3.39. The number of hydrogen-bond donors (Lipinski definition) is 1. The van der Waals surface area contributed by atoms with Gasteiger partial charge in [0.15, 0.2) is 0 Å². The summed E-state index contributed by atoms with van der Waals surface area (Å²) in [6.07, 6.45) is 4.20. The second kappa shape index (κ2) is 7.99. The number of rotatable bonds is 8. The summed E-state index contributed by atoms with van der Waals surface area (Å²) in [5.74, 6) is 0.728. The Morgan fingerprint density at radius 3 is 2.65 bits per heavy atom. The molecule has 20 heavy (non-hydrogen) atoms. The van der Waals surface area contributed by atoms with E-state index in [-0.39, 0.29) is 12.1 Å². The van der Waals surface area contributed by atoms with Crippen LogP contribution in [0.5, 0.6) is 0 Å². The molecule has 0 bridgehead atoms. The van der Waals surface area contributed by atoms with Gasteiger partial charge in [-0.2, -0.15) is 0 Å². The van der Waals surface area contributed by atoms with Crippen LogP contribution in [-0.4, -0.2) is 37.9 Å². The van der Waals surface area contributed by atoms with Crippen LogP contribution in [0.1, 0.15) is 53.4 Å². The quantitative estimate of drug-likeness (QED) is 0.697. The first kappa shape index (κ1) is 17.4. The predicted octanol–water partition coefficient (Wildman–Crippen LogP) is 2.76. The minimum absolute atomic E-state index is 0.112. The lowest BCUT2D eigenvalue weighted by Gasteiger charge is -2.34. The van der Waals surface area contributed by atoms with Gasteiger partial charge in [-0.25, -0.2) is 0 Å². The molecule has 3 atom stereocenters. The van der Waals surface area contributed by atoms with E-state index in [1.807, 2.05) is 6.92 Å². The standard InChI is InChI=1S/C16H31NO3/c1-6-17-16(15(18)19-5)10-7-8-14(16)9-11-20-13(4)12(2)3/h12-14,17H,6-11H2,1-5H3. The van der Waals surface area contributed by atoms with E-state index in [0.717, 1.165) is 32.2 Å². The molecule has 118 valence electrons. The van der Waals surface area contributed by atoms with Gasteiger partial charge in [0.05, 0.1) is 13.2 Å². The highest BCUT2D eigenvalue weighted by Gasteiger charge is 2.48. The Hall–Kier alpha value is -0.610. The maximum Gasteiger partial charge on any atom is 0.326 e. The van der Waals surface area contributed by atoms with Crippen molar-refractivity contribution in [3.05, 3.63) is 0 Å². The topological polar surface area (TPSA) is 47.6 Å². The van der Waals surface area contributed by atoms with Crippen LogP contribution < -0.4 is 5.32 Å². The van der Waals surface area contributed by atoms with E-state index in [0.29, 0.717) is 18.4 Å². The molecule has 3 unspecified atom stereocenters. The van der Waals surface area contributed by atoms with Gasteiger partial charge in [0.25, 0.3) is 0 Å². The second-order valence-electron chi connectivity index (χ2n) is 6.19. The number of esters is 1. The van der Waals surface area contributed by atoms with Crippen LogP contribution in [0.15, 0.2) is 0 Å². The van der Waals surface area contributed by atoms with Gasteiger partial charge in [-0.1, -0.05) is 27.2 Å². The number of nitrogens with one attached hydrogen (secondary N) is 1. The molecule has 0 aromatic rings. The lowest BCUT2D eigenvalue weighted by molar-refractivity contribution is -0.150. The number of likely N-dealkylation sites (N-methyl/N-ethyl adjacent to an activating group) is 1. The van der Waals surface area contributed by atoms with Crippen molar-refractivity contribution in [3.8, 4) is 0 Å². The minimum Gasteiger partial charge on any atom is -0.468 e. The molecule has 1 N–H and O–H groups in total. The molecule has 0 saturated heterocycles. The Kier molecular flexibility index (Phi) is 6.96. The zero-order valence-corrected chi connectivity index (χ0v) is 13.7. The molecule has 0 radical (unpaired) electrons. The van der Waals surface area contributed by atoms with Crippen LogP contribution >= 0.6 is 0 Å². The highest BCUT2D eigenvalue weighted by molar-refractivity contribution is 5.81. The van der Waals surface area contributed by atoms with Gasteiger partial charge in [-0.05, 0) is 44.6 Å². The fourth-order valence-corrected chi connectivity index (χ4v) is 3.13. The van der Waals surface area contributed by atoms with Gasteiger partial charge in [0.2, 0.25) is 0 Å². The maximum absolute atomic E-state index is 12.2. The molecule has 0 heterocycles. The molecule has 0 aromatic heterocycles. The molecule has 1 saturated carbocycles. The smallest absolute Gasteiger partial charge is 0.326 e. The molecule has 0 aromatic carbocycles. The number of methoxy groups -OCH3 is 1. The Morgan fingerprint density at radius 2 is 2.10 bits per heavy atom. The van der Waals surface area contributed by atoms with Crippen molar-refractivity contribution in [3.63, 3.8) is 0 Å². The second-order valence-corrected chi connectivity index (χ2v) is 6.19. The summed E-state index contributed by atoms with van der Waals surface area (Å²) in [4.78, 5) is 12.2. The number of ether oxygens (including phenoxy) is 2. The van der Waals surface area contributed by atoms with Crippen LogP contribution in [-0.2, 0) is 14.3 Å². The van der Waals surface area contributed by atoms with Gasteiger partial charge < -0.3 is 14.8 Å². The molecule has 0 amide bonds. The average Bonchev–Trinajstić information content (AvgIpc) is 2.82. The predicted molar refractivity (Wildman–Crippen MR) is 80.6 cm³/mol. The SMILES string of the molecule is CCNC1(C(=O)OC)CCCC1CCOC(C)C(C)C. The maximum atomic E-state index is 12.2. The molecule has 1 aliphatic carbocycles. The van der Waals surface area contributed by atoms with Crippen molar-refractivity contribution in [2.24, 2.45) is 11.8 Å². The van der Waals surface area contributed by atoms with Crippen molar-refractivity contribution in [2.75, 3.05) is 20.3 Å². The third kappa shape index (κ3) is 3.95. The van der Waals surface area contributed by atoms with Crippen LogP contribution in [0.4, 0.5) is 0 Å². The van der Waals surface area contributed by atoms with Crippen LogP contribution in [0, 0.1) is 11.8 Å². The number of carbonyl (C=O) groups is 1. The molecular weight excluding hydrogens is 254 g/mol. The highest BCUT2D eigenvalue weighted by atomic mass is 16.5. The van der Waals surface area contributed by atoms with Gasteiger partial charge in [0.1, 0.15) is 5.54 Å². The van der Waals surface area contributed by atoms with E-state index >= 15 is 0 Å². The highest BCUT2D eigenvalue weighted by Crippen LogP contribution is 2.39. The molecule has 4 heteroatoms. The van der Waals surface area contributed by atoms with Gasteiger partial charge in [-0.15, -0.1) is 0 Å². The summed E-state index contributed by atoms with van der Waals surface area (Å²) >= 11 is 0. The van der Waals surface area contributed by atoms with E-state index in [1.165, 1.54) is 7.11 Å². The van der Waals surface area contributed by atoms with Crippen LogP contribution in [0.2, 0.25) is 0 Å². The summed E-state index contributed by atoms with van der Waals surface area (Å²) < 4.78 is 10.9. The minimum atomic E-state index is -0.492. The van der Waals surface area contributed by atoms with E-state index in [1.54, 1.807) is 0 Å². The van der Waals surface area contributed by atoms with Crippen LogP contribution in [0.25, 0.3) is 0 Å². The Morgan fingerprint density at radius 1 is 1.40 bits per heavy atom. The molecule has 4 nitrogen and oxygen atoms in total. The molecule has 1 fully saturated rings. The zero-order chi connectivity index (χ0) is 15.2. The molecule has 1 rings (SSSR count). The number of hydrogen-bond acceptors (Lipinski definition) is 4. The lowest BCUT2D eigenvalue weighted by atomic mass is 9.84. The van der Waals surface area contributed by atoms with E-state index in [9.17, 15) is 4.79 Å². The largest absolute Gasteiger partial charge is 0.468 e. The lowest BCUT2D eigenvalue weighted by Crippen LogP contribution is -2.55. The summed E-state index contributed by atoms with van der Waals surface area (Å²) in [6.45, 7) is 9.98. The van der Waals surface area contributed by atoms with Gasteiger partial charge in [0, 0.05) is 6.61 Å². The molecule has 0 spiro atoms. The van der Waals surface area contributed by atoms with Crippen LogP contribution in [0.3, 0.4) is 0 Å². The normalized spacial score (nSPS) is 27.8. The summed E-state index contributed by atoms with van der Waals surface area (Å²) in [7, 11) is 1.48. The van der Waals surface area contributed by atoms with Crippen molar-refractivity contribution < 1.29 is 14.3 Å². The average molecular weight is 285 g/mol. The first-order valence-electron chi connectivity index (χ1n) is 7.93. The third-order valence-electron chi connectivity index (χ3n) is 4.65. The Bertz CT molecular complexity index is 306. The van der Waals surface area contributed by atoms with E-state index < -0.39 is 5.54 Å². The first-order chi connectivity index (χ1) is 9.47. The third-order valence-corrected chi connectivity index (χ3v) is 4.65. The van der Waals surface area contributed by atoms with E-state index in [2.05, 4.69) is 26.1 Å². The zero-order valence-electron chi connectivity index (χ0n) is 13.7.